The first-order valence-corrected chi connectivity index (χ1v) is 11.6. The molecule has 2 heterocycles. The minimum absolute atomic E-state index is 0.136. The van der Waals surface area contributed by atoms with E-state index in [2.05, 4.69) is 16.9 Å². The first-order valence-electron chi connectivity index (χ1n) is 10.8. The van der Waals surface area contributed by atoms with Gasteiger partial charge in [0.15, 0.2) is 22.5 Å². The second-order valence-corrected chi connectivity index (χ2v) is 8.29. The van der Waals surface area contributed by atoms with E-state index in [1.54, 1.807) is 18.2 Å². The fraction of sp³-hybridized carbons (Fsp3) is 0.192. The number of benzene rings is 2. The Bertz CT molecular complexity index is 1160. The van der Waals surface area contributed by atoms with Gasteiger partial charge in [0, 0.05) is 6.20 Å². The van der Waals surface area contributed by atoms with Crippen LogP contribution in [0, 0.1) is 0 Å². The van der Waals surface area contributed by atoms with E-state index in [0.29, 0.717) is 34.0 Å². The van der Waals surface area contributed by atoms with E-state index in [-0.39, 0.29) is 5.91 Å². The van der Waals surface area contributed by atoms with E-state index in [0.717, 1.165) is 24.1 Å². The Morgan fingerprint density at radius 1 is 1.06 bits per heavy atom. The van der Waals surface area contributed by atoms with Crippen molar-refractivity contribution in [3.63, 3.8) is 0 Å². The number of unbranched alkanes of at least 4 members (excludes halogenated alkanes) is 1. The van der Waals surface area contributed by atoms with Gasteiger partial charge in [0.05, 0.1) is 24.3 Å². The summed E-state index contributed by atoms with van der Waals surface area (Å²) in [4.78, 5) is 24.5. The number of ether oxygens (including phenoxy) is 2. The molecule has 0 atom stereocenters. The number of thioether (sulfide) groups is 1. The minimum atomic E-state index is -0.136. The summed E-state index contributed by atoms with van der Waals surface area (Å²) in [5.41, 5.74) is 1.60. The monoisotopic (exact) mass is 459 g/mol. The average molecular weight is 460 g/mol. The lowest BCUT2D eigenvalue weighted by Gasteiger charge is -2.15. The van der Waals surface area contributed by atoms with Gasteiger partial charge in [0.25, 0.3) is 5.91 Å². The van der Waals surface area contributed by atoms with Crippen molar-refractivity contribution < 1.29 is 14.3 Å². The molecule has 3 aromatic rings. The normalized spacial score (nSPS) is 15.9. The smallest absolute Gasteiger partial charge is 0.271 e. The zero-order chi connectivity index (χ0) is 23.0. The molecule has 1 aliphatic heterocycles. The van der Waals surface area contributed by atoms with Crippen LogP contribution in [0.15, 0.2) is 82.8 Å². The first-order chi connectivity index (χ1) is 16.2. The number of methoxy groups -OCH3 is 1. The lowest BCUT2D eigenvalue weighted by Crippen LogP contribution is -2.28. The molecule has 0 unspecified atom stereocenters. The molecular weight excluding hydrogens is 434 g/mol. The Morgan fingerprint density at radius 3 is 2.61 bits per heavy atom. The number of amides is 1. The zero-order valence-electron chi connectivity index (χ0n) is 18.6. The number of hydrogen-bond donors (Lipinski definition) is 0. The molecule has 1 fully saturated rings. The average Bonchev–Trinajstić information content (AvgIpc) is 3.15. The summed E-state index contributed by atoms with van der Waals surface area (Å²) >= 11 is 1.32. The summed E-state index contributed by atoms with van der Waals surface area (Å²) in [5, 5.41) is 0.558. The van der Waals surface area contributed by atoms with Crippen molar-refractivity contribution in [2.24, 2.45) is 4.99 Å². The quantitative estimate of drug-likeness (QED) is 0.302. The number of rotatable bonds is 8. The highest BCUT2D eigenvalue weighted by Gasteiger charge is 2.34. The van der Waals surface area contributed by atoms with Crippen molar-refractivity contribution in [3.05, 3.63) is 83.4 Å². The van der Waals surface area contributed by atoms with Gasteiger partial charge in [-0.1, -0.05) is 43.7 Å². The highest BCUT2D eigenvalue weighted by Crippen LogP contribution is 2.38. The van der Waals surface area contributed by atoms with Crippen LogP contribution in [0.3, 0.4) is 0 Å². The van der Waals surface area contributed by atoms with E-state index in [1.165, 1.54) is 11.8 Å². The van der Waals surface area contributed by atoms with Crippen molar-refractivity contribution in [2.75, 3.05) is 18.6 Å². The Labute approximate surface area is 198 Å². The first kappa shape index (κ1) is 22.6. The van der Waals surface area contributed by atoms with Crippen LogP contribution < -0.4 is 14.4 Å². The van der Waals surface area contributed by atoms with Gasteiger partial charge in [-0.25, -0.2) is 9.98 Å². The van der Waals surface area contributed by atoms with Gasteiger partial charge in [-0.3, -0.25) is 9.69 Å². The van der Waals surface area contributed by atoms with E-state index in [9.17, 15) is 4.79 Å². The van der Waals surface area contributed by atoms with E-state index < -0.39 is 0 Å². The maximum atomic E-state index is 13.4. The Morgan fingerprint density at radius 2 is 1.88 bits per heavy atom. The third-order valence-corrected chi connectivity index (χ3v) is 5.89. The number of nitrogens with zero attached hydrogens (tertiary/aromatic N) is 3. The van der Waals surface area contributed by atoms with Crippen LogP contribution in [-0.2, 0) is 4.79 Å². The highest BCUT2D eigenvalue weighted by molar-refractivity contribution is 8.19. The SMILES string of the molecule is CCCCOc1ccc(/C=C2\S/C(=N/c3ccccn3)N(c3ccccc3)C2=O)cc1OC. The van der Waals surface area contributed by atoms with Crippen molar-refractivity contribution in [1.82, 2.24) is 4.98 Å². The fourth-order valence-corrected chi connectivity index (χ4v) is 4.23. The molecule has 33 heavy (non-hydrogen) atoms. The molecule has 168 valence electrons. The maximum Gasteiger partial charge on any atom is 0.271 e. The number of hydrogen-bond acceptors (Lipinski definition) is 6. The molecule has 0 radical (unpaired) electrons. The van der Waals surface area contributed by atoms with E-state index >= 15 is 0 Å². The number of carbonyl (C=O) groups excluding carboxylic acids is 1. The van der Waals surface area contributed by atoms with E-state index in [1.807, 2.05) is 72.8 Å². The number of carbonyl (C=O) groups is 1. The van der Waals surface area contributed by atoms with Crippen LogP contribution in [0.4, 0.5) is 11.5 Å². The van der Waals surface area contributed by atoms with E-state index in [4.69, 9.17) is 9.47 Å². The largest absolute Gasteiger partial charge is 0.493 e. The molecule has 4 rings (SSSR count). The second-order valence-electron chi connectivity index (χ2n) is 7.28. The molecule has 6 nitrogen and oxygen atoms in total. The van der Waals surface area contributed by atoms with Crippen LogP contribution in [0.1, 0.15) is 25.3 Å². The highest BCUT2D eigenvalue weighted by atomic mass is 32.2. The topological polar surface area (TPSA) is 64.0 Å². The molecule has 0 bridgehead atoms. The molecule has 2 aromatic carbocycles. The lowest BCUT2D eigenvalue weighted by atomic mass is 10.1. The van der Waals surface area contributed by atoms with Gasteiger partial charge in [-0.2, -0.15) is 0 Å². The van der Waals surface area contributed by atoms with Crippen LogP contribution in [0.5, 0.6) is 11.5 Å². The molecule has 1 aromatic heterocycles. The predicted molar refractivity (Wildman–Crippen MR) is 134 cm³/mol. The number of aromatic nitrogens is 1. The molecule has 0 N–H and O–H groups in total. The van der Waals surface area contributed by atoms with Crippen LogP contribution in [0.2, 0.25) is 0 Å². The molecule has 0 aliphatic carbocycles. The summed E-state index contributed by atoms with van der Waals surface area (Å²) in [7, 11) is 1.61. The van der Waals surface area contributed by atoms with Crippen molar-refractivity contribution in [1.29, 1.82) is 0 Å². The summed E-state index contributed by atoms with van der Waals surface area (Å²) in [6.07, 6.45) is 5.57. The van der Waals surface area contributed by atoms with Crippen molar-refractivity contribution in [3.8, 4) is 11.5 Å². The third kappa shape index (κ3) is 5.43. The van der Waals surface area contributed by atoms with Gasteiger partial charge >= 0.3 is 0 Å². The lowest BCUT2D eigenvalue weighted by molar-refractivity contribution is -0.113. The summed E-state index contributed by atoms with van der Waals surface area (Å²) in [5.74, 6) is 1.74. The van der Waals surface area contributed by atoms with Gasteiger partial charge in [-0.15, -0.1) is 0 Å². The molecule has 0 spiro atoms. The molecule has 1 aliphatic rings. The second kappa shape index (κ2) is 10.8. The minimum Gasteiger partial charge on any atom is -0.493 e. The number of para-hydroxylation sites is 1. The summed E-state index contributed by atoms with van der Waals surface area (Å²) in [6, 6.07) is 20.7. The number of aliphatic imine (C=N–C) groups is 1. The van der Waals surface area contributed by atoms with Gasteiger partial charge in [-0.05, 0) is 66.2 Å². The molecular formula is C26H25N3O3S. The Hall–Kier alpha value is -3.58. The standard InChI is InChI=1S/C26H25N3O3S/c1-3-4-16-32-21-14-13-19(17-22(21)31-2)18-23-25(30)29(20-10-6-5-7-11-20)26(33-23)28-24-12-8-9-15-27-24/h5-15,17-18H,3-4,16H2,1-2H3/b23-18-,28-26+. The zero-order valence-corrected chi connectivity index (χ0v) is 19.4. The van der Waals surface area contributed by atoms with Crippen LogP contribution >= 0.6 is 11.8 Å². The third-order valence-electron chi connectivity index (χ3n) is 4.92. The number of pyridine rings is 1. The van der Waals surface area contributed by atoms with Crippen molar-refractivity contribution >= 4 is 40.4 Å². The number of anilines is 1. The molecule has 1 amide bonds. The van der Waals surface area contributed by atoms with Gasteiger partial charge in [0.2, 0.25) is 0 Å². The number of amidine groups is 1. The Kier molecular flexibility index (Phi) is 7.42. The predicted octanol–water partition coefficient (Wildman–Crippen LogP) is 6.08. The van der Waals surface area contributed by atoms with Gasteiger partial charge in [0.1, 0.15) is 0 Å². The summed E-state index contributed by atoms with van der Waals surface area (Å²) in [6.45, 7) is 2.76. The Balaban J connectivity index is 1.67. The fourth-order valence-electron chi connectivity index (χ4n) is 3.24. The summed E-state index contributed by atoms with van der Waals surface area (Å²) < 4.78 is 11.3. The maximum absolute atomic E-state index is 13.4. The molecule has 7 heteroatoms. The van der Waals surface area contributed by atoms with Crippen molar-refractivity contribution in [2.45, 2.75) is 19.8 Å². The molecule has 1 saturated heterocycles. The van der Waals surface area contributed by atoms with Crippen LogP contribution in [-0.4, -0.2) is 29.8 Å². The van der Waals surface area contributed by atoms with Crippen LogP contribution in [0.25, 0.3) is 6.08 Å². The van der Waals surface area contributed by atoms with Gasteiger partial charge < -0.3 is 9.47 Å². The molecule has 0 saturated carbocycles.